The number of allylic oxidation sites excluding steroid dienone is 1. The van der Waals surface area contributed by atoms with Crippen molar-refractivity contribution in [3.8, 4) is 5.75 Å². The molecule has 0 aliphatic carbocycles. The first-order chi connectivity index (χ1) is 7.20. The molecule has 1 aliphatic rings. The zero-order valence-electron chi connectivity index (χ0n) is 8.69. The highest BCUT2D eigenvalue weighted by Crippen LogP contribution is 2.24. The fourth-order valence-electron chi connectivity index (χ4n) is 1.51. The van der Waals surface area contributed by atoms with Crippen LogP contribution in [0, 0.1) is 6.92 Å². The summed E-state index contributed by atoms with van der Waals surface area (Å²) in [5.41, 5.74) is 0.140. The van der Waals surface area contributed by atoms with E-state index in [9.17, 15) is 4.79 Å². The molecule has 0 saturated heterocycles. The monoisotopic (exact) mass is 204 g/mol. The van der Waals surface area contributed by atoms with E-state index >= 15 is 0 Å². The van der Waals surface area contributed by atoms with Crippen LogP contribution < -0.4 is 10.4 Å². The van der Waals surface area contributed by atoms with Crippen molar-refractivity contribution in [1.29, 1.82) is 0 Å². The molecule has 0 saturated carbocycles. The predicted molar refractivity (Wildman–Crippen MR) is 58.0 cm³/mol. The van der Waals surface area contributed by atoms with Crippen LogP contribution in [0.25, 0.3) is 6.08 Å². The molecule has 0 aromatic carbocycles. The molecule has 3 nitrogen and oxygen atoms in total. The fraction of sp³-hybridized carbons (Fsp3) is 0.250. The van der Waals surface area contributed by atoms with Gasteiger partial charge in [0.2, 0.25) is 0 Å². The third-order valence-corrected chi connectivity index (χ3v) is 2.17. The molecule has 1 atom stereocenters. The van der Waals surface area contributed by atoms with Gasteiger partial charge in [0.05, 0.1) is 0 Å². The Labute approximate surface area is 87.7 Å². The molecule has 0 fully saturated rings. The van der Waals surface area contributed by atoms with Gasteiger partial charge in [-0.25, -0.2) is 4.79 Å². The average Bonchev–Trinajstić information content (AvgIpc) is 2.17. The summed E-state index contributed by atoms with van der Waals surface area (Å²) in [7, 11) is 0. The molecule has 2 heterocycles. The first-order valence-corrected chi connectivity index (χ1v) is 4.83. The van der Waals surface area contributed by atoms with Crippen LogP contribution in [-0.2, 0) is 0 Å². The molecule has 1 aromatic rings. The van der Waals surface area contributed by atoms with Crippen molar-refractivity contribution in [2.75, 3.05) is 0 Å². The molecule has 0 spiro atoms. The van der Waals surface area contributed by atoms with E-state index in [4.69, 9.17) is 9.15 Å². The van der Waals surface area contributed by atoms with Crippen LogP contribution in [0.5, 0.6) is 5.75 Å². The molecular formula is C12H12O3. The molecule has 0 amide bonds. The first kappa shape index (κ1) is 9.77. The zero-order chi connectivity index (χ0) is 10.8. The minimum atomic E-state index is -0.347. The van der Waals surface area contributed by atoms with E-state index in [1.54, 1.807) is 19.1 Å². The summed E-state index contributed by atoms with van der Waals surface area (Å²) < 4.78 is 10.6. The third-order valence-electron chi connectivity index (χ3n) is 2.17. The van der Waals surface area contributed by atoms with Gasteiger partial charge in [-0.15, -0.1) is 0 Å². The summed E-state index contributed by atoms with van der Waals surface area (Å²) in [4.78, 5) is 11.4. The second kappa shape index (κ2) is 3.77. The van der Waals surface area contributed by atoms with E-state index < -0.39 is 0 Å². The summed E-state index contributed by atoms with van der Waals surface area (Å²) in [6, 6.07) is 1.73. The van der Waals surface area contributed by atoms with Crippen molar-refractivity contribution in [3.63, 3.8) is 0 Å². The number of hydrogen-bond acceptors (Lipinski definition) is 3. The standard InChI is InChI=1S/C12H12O3/c1-3-4-9-5-6-10-11(15-9)7-8(2)14-12(10)13/h3-7,9H,1-2H3. The Bertz CT molecular complexity index is 480. The minimum Gasteiger partial charge on any atom is -0.481 e. The maximum Gasteiger partial charge on any atom is 0.346 e. The fourth-order valence-corrected chi connectivity index (χ4v) is 1.51. The molecule has 1 aromatic heterocycles. The van der Waals surface area contributed by atoms with Gasteiger partial charge in [0.1, 0.15) is 23.2 Å². The number of ether oxygens (including phenoxy) is 1. The Kier molecular flexibility index (Phi) is 2.46. The van der Waals surface area contributed by atoms with E-state index in [0.717, 1.165) is 0 Å². The Morgan fingerprint density at radius 1 is 1.47 bits per heavy atom. The minimum absolute atomic E-state index is 0.0938. The lowest BCUT2D eigenvalue weighted by Crippen LogP contribution is -2.18. The third kappa shape index (κ3) is 1.86. The zero-order valence-corrected chi connectivity index (χ0v) is 8.69. The normalized spacial score (nSPS) is 18.9. The molecule has 2 rings (SSSR count). The van der Waals surface area contributed by atoms with Gasteiger partial charge in [-0.3, -0.25) is 0 Å². The molecule has 1 aliphatic heterocycles. The van der Waals surface area contributed by atoms with Crippen LogP contribution in [0.2, 0.25) is 0 Å². The van der Waals surface area contributed by atoms with E-state index in [-0.39, 0.29) is 11.7 Å². The van der Waals surface area contributed by atoms with Gasteiger partial charge in [0, 0.05) is 6.07 Å². The largest absolute Gasteiger partial charge is 0.481 e. The number of fused-ring (bicyclic) bond motifs is 1. The summed E-state index contributed by atoms with van der Waals surface area (Å²) in [5, 5.41) is 0. The maximum absolute atomic E-state index is 11.4. The van der Waals surface area contributed by atoms with E-state index in [2.05, 4.69) is 0 Å². The molecule has 78 valence electrons. The van der Waals surface area contributed by atoms with Gasteiger partial charge in [0.25, 0.3) is 0 Å². The molecule has 1 unspecified atom stereocenters. The maximum atomic E-state index is 11.4. The van der Waals surface area contributed by atoms with E-state index in [1.165, 1.54) is 0 Å². The van der Waals surface area contributed by atoms with Gasteiger partial charge in [-0.2, -0.15) is 0 Å². The lowest BCUT2D eigenvalue weighted by Gasteiger charge is -2.17. The SMILES string of the molecule is CC=CC1C=Cc2c(cc(C)oc2=O)O1. The molecule has 3 heteroatoms. The molecule has 15 heavy (non-hydrogen) atoms. The van der Waals surface area contributed by atoms with Crippen molar-refractivity contribution in [1.82, 2.24) is 0 Å². The van der Waals surface area contributed by atoms with Crippen molar-refractivity contribution < 1.29 is 9.15 Å². The van der Waals surface area contributed by atoms with Gasteiger partial charge >= 0.3 is 5.63 Å². The summed E-state index contributed by atoms with van der Waals surface area (Å²) in [6.07, 6.45) is 7.31. The Morgan fingerprint density at radius 3 is 3.00 bits per heavy atom. The second-order valence-electron chi connectivity index (χ2n) is 3.39. The van der Waals surface area contributed by atoms with Crippen LogP contribution in [0.1, 0.15) is 18.2 Å². The summed E-state index contributed by atoms with van der Waals surface area (Å²) >= 11 is 0. The van der Waals surface area contributed by atoms with Crippen LogP contribution in [-0.4, -0.2) is 6.10 Å². The Hall–Kier alpha value is -1.77. The van der Waals surface area contributed by atoms with Gasteiger partial charge in [0.15, 0.2) is 0 Å². The highest BCUT2D eigenvalue weighted by molar-refractivity contribution is 5.59. The Morgan fingerprint density at radius 2 is 2.27 bits per heavy atom. The van der Waals surface area contributed by atoms with Crippen molar-refractivity contribution in [2.45, 2.75) is 20.0 Å². The van der Waals surface area contributed by atoms with Crippen LogP contribution in [0.4, 0.5) is 0 Å². The highest BCUT2D eigenvalue weighted by Gasteiger charge is 2.16. The number of aryl methyl sites for hydroxylation is 1. The van der Waals surface area contributed by atoms with Crippen molar-refractivity contribution >= 4 is 6.08 Å². The van der Waals surface area contributed by atoms with E-state index in [1.807, 2.05) is 25.2 Å². The molecule has 0 radical (unpaired) electrons. The molecular weight excluding hydrogens is 192 g/mol. The lowest BCUT2D eigenvalue weighted by molar-refractivity contribution is 0.286. The number of rotatable bonds is 1. The quantitative estimate of drug-likeness (QED) is 0.659. The summed E-state index contributed by atoms with van der Waals surface area (Å²) in [6.45, 7) is 3.66. The highest BCUT2D eigenvalue weighted by atomic mass is 16.5. The number of hydrogen-bond donors (Lipinski definition) is 0. The smallest absolute Gasteiger partial charge is 0.346 e. The van der Waals surface area contributed by atoms with Crippen molar-refractivity contribution in [2.24, 2.45) is 0 Å². The second-order valence-corrected chi connectivity index (χ2v) is 3.39. The van der Waals surface area contributed by atoms with Gasteiger partial charge in [-0.05, 0) is 32.1 Å². The molecule has 0 bridgehead atoms. The van der Waals surface area contributed by atoms with Crippen molar-refractivity contribution in [3.05, 3.63) is 46.0 Å². The van der Waals surface area contributed by atoms with Crippen LogP contribution in [0.15, 0.2) is 33.5 Å². The average molecular weight is 204 g/mol. The lowest BCUT2D eigenvalue weighted by atomic mass is 10.1. The van der Waals surface area contributed by atoms with Crippen LogP contribution >= 0.6 is 0 Å². The topological polar surface area (TPSA) is 39.4 Å². The van der Waals surface area contributed by atoms with Crippen LogP contribution in [0.3, 0.4) is 0 Å². The van der Waals surface area contributed by atoms with E-state index in [0.29, 0.717) is 17.1 Å². The summed E-state index contributed by atoms with van der Waals surface area (Å²) in [5.74, 6) is 1.16. The van der Waals surface area contributed by atoms with Gasteiger partial charge < -0.3 is 9.15 Å². The first-order valence-electron chi connectivity index (χ1n) is 4.83. The Balaban J connectivity index is 2.45. The molecule has 0 N–H and O–H groups in total. The predicted octanol–water partition coefficient (Wildman–Crippen LogP) is 2.30. The van der Waals surface area contributed by atoms with Gasteiger partial charge in [-0.1, -0.05) is 6.08 Å².